The quantitative estimate of drug-likeness (QED) is 0.390. The summed E-state index contributed by atoms with van der Waals surface area (Å²) in [5.41, 5.74) is 0.571. The van der Waals surface area contributed by atoms with E-state index in [-0.39, 0.29) is 9.38 Å². The summed E-state index contributed by atoms with van der Waals surface area (Å²) in [6.07, 6.45) is -0.398. The Hall–Kier alpha value is -1.51. The van der Waals surface area contributed by atoms with E-state index in [0.29, 0.717) is 5.69 Å². The number of hydrogen-bond donors (Lipinski definition) is 0. The van der Waals surface area contributed by atoms with Crippen molar-refractivity contribution in [1.82, 2.24) is 4.98 Å². The highest BCUT2D eigenvalue weighted by Gasteiger charge is 2.51. The highest BCUT2D eigenvalue weighted by Crippen LogP contribution is 2.40. The minimum absolute atomic E-state index is 0.105. The molecule has 8 heteroatoms. The van der Waals surface area contributed by atoms with Crippen LogP contribution in [0, 0.1) is 0 Å². The number of hydrogen-bond acceptors (Lipinski definition) is 5. The molecule has 3 rings (SSSR count). The van der Waals surface area contributed by atoms with Crippen LogP contribution in [-0.2, 0) is 13.5 Å². The van der Waals surface area contributed by atoms with Crippen LogP contribution in [0.4, 0.5) is 0 Å². The number of benzene rings is 2. The van der Waals surface area contributed by atoms with Crippen LogP contribution in [0.5, 0.6) is 0 Å². The lowest BCUT2D eigenvalue weighted by Gasteiger charge is -2.44. The zero-order valence-electron chi connectivity index (χ0n) is 16.8. The van der Waals surface area contributed by atoms with E-state index < -0.39 is 23.5 Å². The molecule has 154 valence electrons. The average molecular weight is 466 g/mol. The molecule has 0 aliphatic carbocycles. The van der Waals surface area contributed by atoms with Gasteiger partial charge in [0.1, 0.15) is 0 Å². The summed E-state index contributed by atoms with van der Waals surface area (Å²) in [5, 5.41) is 3.84. The second kappa shape index (κ2) is 8.32. The van der Waals surface area contributed by atoms with Gasteiger partial charge in [0.2, 0.25) is 4.34 Å². The fourth-order valence-corrected chi connectivity index (χ4v) is 10.1. The van der Waals surface area contributed by atoms with Crippen molar-refractivity contribution in [2.45, 2.75) is 43.2 Å². The van der Waals surface area contributed by atoms with Crippen LogP contribution in [0.3, 0.4) is 0 Å². The topological polar surface area (TPSA) is 56.3 Å². The van der Waals surface area contributed by atoms with E-state index in [0.717, 1.165) is 21.7 Å². The standard InChI is InChI=1S/C21H24ClNO3S2Si/c1-16(19-15-27-20(23-19)28(22,24)25)26-29(21(2,3)4,17-11-7-5-8-12-17)18-13-9-6-10-14-18/h5-16H,1-4H3. The van der Waals surface area contributed by atoms with Gasteiger partial charge in [-0.05, 0) is 22.3 Å². The molecular formula is C21H24ClNO3S2Si. The maximum Gasteiger partial charge on any atom is 0.288 e. The zero-order valence-corrected chi connectivity index (χ0v) is 20.2. The monoisotopic (exact) mass is 465 g/mol. The molecule has 0 spiro atoms. The minimum Gasteiger partial charge on any atom is -0.399 e. The lowest BCUT2D eigenvalue weighted by atomic mass is 10.2. The van der Waals surface area contributed by atoms with E-state index in [1.54, 1.807) is 5.38 Å². The molecule has 0 N–H and O–H groups in total. The first-order chi connectivity index (χ1) is 13.6. The van der Waals surface area contributed by atoms with Gasteiger partial charge in [-0.1, -0.05) is 81.4 Å². The summed E-state index contributed by atoms with van der Waals surface area (Å²) >= 11 is 1.01. The van der Waals surface area contributed by atoms with Gasteiger partial charge in [0.15, 0.2) is 0 Å². The maximum atomic E-state index is 11.6. The minimum atomic E-state index is -3.86. The van der Waals surface area contributed by atoms with Crippen molar-refractivity contribution >= 4 is 49.8 Å². The summed E-state index contributed by atoms with van der Waals surface area (Å²) in [5.74, 6) is 0. The molecule has 2 aromatic carbocycles. The van der Waals surface area contributed by atoms with Crippen molar-refractivity contribution in [1.29, 1.82) is 0 Å². The lowest BCUT2D eigenvalue weighted by Crippen LogP contribution is -2.66. The molecule has 0 bridgehead atoms. The SMILES string of the molecule is CC(O[Si](c1ccccc1)(c1ccccc1)C(C)(C)C)c1csc(S(=O)(=O)Cl)n1. The predicted octanol–water partition coefficient (Wildman–Crippen LogP) is 4.71. The molecule has 1 unspecified atom stereocenters. The van der Waals surface area contributed by atoms with Gasteiger partial charge in [0.05, 0.1) is 11.8 Å². The summed E-state index contributed by atoms with van der Waals surface area (Å²) < 4.78 is 30.1. The van der Waals surface area contributed by atoms with Crippen LogP contribution in [0.2, 0.25) is 5.04 Å². The lowest BCUT2D eigenvalue weighted by molar-refractivity contribution is 0.206. The van der Waals surface area contributed by atoms with E-state index >= 15 is 0 Å². The Kier molecular flexibility index (Phi) is 6.36. The smallest absolute Gasteiger partial charge is 0.288 e. The largest absolute Gasteiger partial charge is 0.399 e. The van der Waals surface area contributed by atoms with Gasteiger partial charge in [-0.25, -0.2) is 13.4 Å². The first-order valence-electron chi connectivity index (χ1n) is 9.24. The van der Waals surface area contributed by atoms with Crippen LogP contribution < -0.4 is 10.4 Å². The first kappa shape index (κ1) is 22.2. The summed E-state index contributed by atoms with van der Waals surface area (Å²) in [6.45, 7) is 8.50. The highest BCUT2D eigenvalue weighted by atomic mass is 35.7. The van der Waals surface area contributed by atoms with E-state index in [9.17, 15) is 8.42 Å². The van der Waals surface area contributed by atoms with E-state index in [4.69, 9.17) is 15.1 Å². The third kappa shape index (κ3) is 4.49. The van der Waals surface area contributed by atoms with Gasteiger partial charge in [-0.15, -0.1) is 11.3 Å². The third-order valence-electron chi connectivity index (χ3n) is 4.90. The summed E-state index contributed by atoms with van der Waals surface area (Å²) in [4.78, 5) is 4.23. The molecule has 1 atom stereocenters. The molecule has 3 aromatic rings. The van der Waals surface area contributed by atoms with Gasteiger partial charge in [-0.3, -0.25) is 0 Å². The summed E-state index contributed by atoms with van der Waals surface area (Å²) in [7, 11) is -1.14. The van der Waals surface area contributed by atoms with Crippen LogP contribution in [-0.4, -0.2) is 21.7 Å². The van der Waals surface area contributed by atoms with Crippen LogP contribution >= 0.6 is 22.0 Å². The van der Waals surface area contributed by atoms with Crippen LogP contribution in [0.15, 0.2) is 70.4 Å². The maximum absolute atomic E-state index is 11.6. The molecule has 0 amide bonds. The van der Waals surface area contributed by atoms with Crippen LogP contribution in [0.25, 0.3) is 0 Å². The normalized spacial score (nSPS) is 14.0. The zero-order chi connectivity index (χ0) is 21.3. The molecule has 0 saturated carbocycles. The number of halogens is 1. The van der Waals surface area contributed by atoms with Crippen LogP contribution in [0.1, 0.15) is 39.5 Å². The Morgan fingerprint density at radius 3 is 1.86 bits per heavy atom. The van der Waals surface area contributed by atoms with Crippen molar-refractivity contribution in [2.75, 3.05) is 0 Å². The number of rotatable bonds is 6. The predicted molar refractivity (Wildman–Crippen MR) is 122 cm³/mol. The Morgan fingerprint density at radius 2 is 1.48 bits per heavy atom. The second-order valence-corrected chi connectivity index (χ2v) is 15.7. The van der Waals surface area contributed by atoms with Crippen molar-refractivity contribution in [3.63, 3.8) is 0 Å². The Bertz CT molecular complexity index is 1020. The molecule has 1 heterocycles. The van der Waals surface area contributed by atoms with Gasteiger partial charge in [0.25, 0.3) is 17.4 Å². The second-order valence-electron chi connectivity index (χ2n) is 7.90. The Balaban J connectivity index is 2.14. The molecule has 1 aromatic heterocycles. The average Bonchev–Trinajstić information content (AvgIpc) is 3.17. The van der Waals surface area contributed by atoms with E-state index in [1.807, 2.05) is 43.3 Å². The van der Waals surface area contributed by atoms with Gasteiger partial charge in [0, 0.05) is 16.1 Å². The molecular weight excluding hydrogens is 442 g/mol. The first-order valence-corrected chi connectivity index (χ1v) is 14.3. The van der Waals surface area contributed by atoms with Crippen molar-refractivity contribution in [3.8, 4) is 0 Å². The number of aromatic nitrogens is 1. The molecule has 0 aliphatic heterocycles. The van der Waals surface area contributed by atoms with E-state index in [1.165, 1.54) is 0 Å². The highest BCUT2D eigenvalue weighted by molar-refractivity contribution is 8.14. The molecule has 0 radical (unpaired) electrons. The van der Waals surface area contributed by atoms with Gasteiger partial charge in [-0.2, -0.15) is 0 Å². The van der Waals surface area contributed by atoms with Gasteiger partial charge >= 0.3 is 0 Å². The molecule has 0 fully saturated rings. The number of nitrogens with zero attached hydrogens (tertiary/aromatic N) is 1. The van der Waals surface area contributed by atoms with Crippen molar-refractivity contribution in [2.24, 2.45) is 0 Å². The van der Waals surface area contributed by atoms with E-state index in [2.05, 4.69) is 50.0 Å². The van der Waals surface area contributed by atoms with Gasteiger partial charge < -0.3 is 4.43 Å². The fourth-order valence-electron chi connectivity index (χ4n) is 3.58. The van der Waals surface area contributed by atoms with Crippen molar-refractivity contribution in [3.05, 3.63) is 71.7 Å². The molecule has 29 heavy (non-hydrogen) atoms. The number of thiazole rings is 1. The molecule has 0 saturated heterocycles. The Morgan fingerprint density at radius 1 is 1.00 bits per heavy atom. The summed E-state index contributed by atoms with van der Waals surface area (Å²) in [6, 6.07) is 20.6. The molecule has 4 nitrogen and oxygen atoms in total. The Labute approximate surface area is 182 Å². The fraction of sp³-hybridized carbons (Fsp3) is 0.286. The third-order valence-corrected chi connectivity index (χ3v) is 12.8. The molecule has 0 aliphatic rings. The van der Waals surface area contributed by atoms with Crippen molar-refractivity contribution < 1.29 is 12.8 Å².